The fourth-order valence-electron chi connectivity index (χ4n) is 3.06. The Morgan fingerprint density at radius 2 is 2.23 bits per heavy atom. The molecule has 1 saturated heterocycles. The monoisotopic (exact) mass is 307 g/mol. The van der Waals surface area contributed by atoms with Crippen molar-refractivity contribution in [2.45, 2.75) is 31.5 Å². The van der Waals surface area contributed by atoms with E-state index in [1.807, 2.05) is 16.9 Å². The third-order valence-corrected chi connectivity index (χ3v) is 4.18. The number of aromatic nitrogens is 2. The van der Waals surface area contributed by atoms with Gasteiger partial charge >= 0.3 is 0 Å². The summed E-state index contributed by atoms with van der Waals surface area (Å²) < 4.78 is 28.8. The number of benzene rings is 1. The van der Waals surface area contributed by atoms with Gasteiger partial charge in [-0.05, 0) is 43.7 Å². The number of aliphatic hydroxyl groups excluding tert-OH is 1. The van der Waals surface area contributed by atoms with E-state index in [1.54, 1.807) is 6.20 Å². The molecule has 0 saturated carbocycles. The zero-order valence-electron chi connectivity index (χ0n) is 12.2. The molecule has 1 fully saturated rings. The van der Waals surface area contributed by atoms with Crippen LogP contribution in [0.5, 0.6) is 0 Å². The van der Waals surface area contributed by atoms with Crippen molar-refractivity contribution in [3.8, 4) is 0 Å². The molecule has 1 aromatic carbocycles. The average Bonchev–Trinajstić information content (AvgIpc) is 3.15. The largest absolute Gasteiger partial charge is 0.387 e. The van der Waals surface area contributed by atoms with E-state index in [2.05, 4.69) is 10.00 Å². The number of aliphatic hydroxyl groups is 1. The van der Waals surface area contributed by atoms with Crippen molar-refractivity contribution in [2.24, 2.45) is 0 Å². The van der Waals surface area contributed by atoms with Crippen LogP contribution in [0.25, 0.3) is 0 Å². The zero-order valence-corrected chi connectivity index (χ0v) is 12.2. The van der Waals surface area contributed by atoms with E-state index in [4.69, 9.17) is 0 Å². The lowest BCUT2D eigenvalue weighted by Gasteiger charge is -2.27. The van der Waals surface area contributed by atoms with E-state index in [1.165, 1.54) is 0 Å². The second-order valence-corrected chi connectivity index (χ2v) is 5.70. The van der Waals surface area contributed by atoms with Crippen molar-refractivity contribution >= 4 is 0 Å². The Bertz CT molecular complexity index is 618. The van der Waals surface area contributed by atoms with Crippen LogP contribution in [0.4, 0.5) is 8.78 Å². The molecule has 1 aliphatic rings. The molecule has 1 N–H and O–H groups in total. The summed E-state index contributed by atoms with van der Waals surface area (Å²) >= 11 is 0. The van der Waals surface area contributed by atoms with Gasteiger partial charge in [0.25, 0.3) is 0 Å². The van der Waals surface area contributed by atoms with Crippen molar-refractivity contribution < 1.29 is 13.9 Å². The van der Waals surface area contributed by atoms with Crippen molar-refractivity contribution in [2.75, 3.05) is 13.1 Å². The average molecular weight is 307 g/mol. The van der Waals surface area contributed by atoms with Crippen LogP contribution in [0.2, 0.25) is 0 Å². The van der Waals surface area contributed by atoms with Gasteiger partial charge in [-0.15, -0.1) is 0 Å². The van der Waals surface area contributed by atoms with Gasteiger partial charge in [0.2, 0.25) is 0 Å². The fourth-order valence-corrected chi connectivity index (χ4v) is 3.06. The highest BCUT2D eigenvalue weighted by Crippen LogP contribution is 2.24. The van der Waals surface area contributed by atoms with Gasteiger partial charge in [0.15, 0.2) is 0 Å². The lowest BCUT2D eigenvalue weighted by Crippen LogP contribution is -2.36. The van der Waals surface area contributed by atoms with E-state index in [9.17, 15) is 13.9 Å². The standard InChI is InChI=1S/C16H19F2N3O/c17-12-4-5-15(18)14(9-12)16(22)11-20-7-1-3-13(20)10-21-8-2-6-19-21/h2,4-6,8-9,13,16,22H,1,3,7,10-11H2. The first-order valence-corrected chi connectivity index (χ1v) is 7.48. The second kappa shape index (κ2) is 6.54. The van der Waals surface area contributed by atoms with Gasteiger partial charge in [-0.1, -0.05) is 0 Å². The maximum Gasteiger partial charge on any atom is 0.129 e. The Hall–Kier alpha value is -1.79. The summed E-state index contributed by atoms with van der Waals surface area (Å²) in [5.41, 5.74) is 0.0183. The maximum atomic E-state index is 13.7. The Labute approximate surface area is 128 Å². The number of hydrogen-bond donors (Lipinski definition) is 1. The van der Waals surface area contributed by atoms with Gasteiger partial charge in [0.05, 0.1) is 12.6 Å². The van der Waals surface area contributed by atoms with Gasteiger partial charge in [-0.2, -0.15) is 5.10 Å². The van der Waals surface area contributed by atoms with Gasteiger partial charge in [-0.3, -0.25) is 9.58 Å². The molecule has 0 bridgehead atoms. The summed E-state index contributed by atoms with van der Waals surface area (Å²) in [5.74, 6) is -1.11. The molecule has 2 heterocycles. The molecule has 2 aromatic rings. The topological polar surface area (TPSA) is 41.3 Å². The normalized spacial score (nSPS) is 20.4. The zero-order chi connectivity index (χ0) is 15.5. The predicted octanol–water partition coefficient (Wildman–Crippen LogP) is 2.36. The quantitative estimate of drug-likeness (QED) is 0.922. The SMILES string of the molecule is OC(CN1CCCC1Cn1cccn1)c1cc(F)ccc1F. The van der Waals surface area contributed by atoms with E-state index in [-0.39, 0.29) is 11.6 Å². The summed E-state index contributed by atoms with van der Waals surface area (Å²) in [6, 6.07) is 5.31. The van der Waals surface area contributed by atoms with E-state index < -0.39 is 17.7 Å². The first-order valence-electron chi connectivity index (χ1n) is 7.48. The number of halogens is 2. The minimum atomic E-state index is -1.03. The molecular weight excluding hydrogens is 288 g/mol. The van der Waals surface area contributed by atoms with Crippen molar-refractivity contribution in [3.63, 3.8) is 0 Å². The number of β-amino-alcohol motifs (C(OH)–C–C–N with tert-alkyl or cyclic N) is 1. The first-order chi connectivity index (χ1) is 10.6. The highest BCUT2D eigenvalue weighted by Gasteiger charge is 2.28. The van der Waals surface area contributed by atoms with Gasteiger partial charge < -0.3 is 5.11 Å². The number of rotatable bonds is 5. The minimum absolute atomic E-state index is 0.0183. The van der Waals surface area contributed by atoms with Crippen molar-refractivity contribution in [3.05, 3.63) is 53.9 Å². The molecule has 0 amide bonds. The minimum Gasteiger partial charge on any atom is -0.387 e. The lowest BCUT2D eigenvalue weighted by molar-refractivity contribution is 0.0975. The lowest BCUT2D eigenvalue weighted by atomic mass is 10.1. The van der Waals surface area contributed by atoms with E-state index >= 15 is 0 Å². The van der Waals surface area contributed by atoms with Crippen LogP contribution in [0.1, 0.15) is 24.5 Å². The Balaban J connectivity index is 1.67. The van der Waals surface area contributed by atoms with Crippen molar-refractivity contribution in [1.29, 1.82) is 0 Å². The molecule has 0 aliphatic carbocycles. The highest BCUT2D eigenvalue weighted by molar-refractivity contribution is 5.21. The fraction of sp³-hybridized carbons (Fsp3) is 0.438. The number of likely N-dealkylation sites (tertiary alicyclic amines) is 1. The van der Waals surface area contributed by atoms with Gasteiger partial charge in [0.1, 0.15) is 11.6 Å². The van der Waals surface area contributed by atoms with Crippen LogP contribution < -0.4 is 0 Å². The van der Waals surface area contributed by atoms with E-state index in [0.717, 1.165) is 44.1 Å². The Morgan fingerprint density at radius 1 is 1.36 bits per heavy atom. The van der Waals surface area contributed by atoms with Gasteiger partial charge in [-0.25, -0.2) is 8.78 Å². The second-order valence-electron chi connectivity index (χ2n) is 5.70. The maximum absolute atomic E-state index is 13.7. The molecule has 22 heavy (non-hydrogen) atoms. The van der Waals surface area contributed by atoms with Crippen molar-refractivity contribution in [1.82, 2.24) is 14.7 Å². The smallest absolute Gasteiger partial charge is 0.129 e. The van der Waals surface area contributed by atoms with Crippen LogP contribution in [0.3, 0.4) is 0 Å². The van der Waals surface area contributed by atoms with Crippen LogP contribution >= 0.6 is 0 Å². The highest BCUT2D eigenvalue weighted by atomic mass is 19.1. The first kappa shape index (κ1) is 15.1. The van der Waals surface area contributed by atoms with Crippen LogP contribution in [-0.4, -0.2) is 38.9 Å². The molecular formula is C16H19F2N3O. The Kier molecular flexibility index (Phi) is 4.49. The molecule has 0 radical (unpaired) electrons. The molecule has 0 spiro atoms. The predicted molar refractivity (Wildman–Crippen MR) is 78.1 cm³/mol. The molecule has 6 heteroatoms. The molecule has 4 nitrogen and oxygen atoms in total. The third kappa shape index (κ3) is 3.34. The molecule has 2 unspecified atom stereocenters. The molecule has 3 rings (SSSR count). The van der Waals surface area contributed by atoms with Crippen LogP contribution in [-0.2, 0) is 6.54 Å². The summed E-state index contributed by atoms with van der Waals surface area (Å²) in [6.45, 7) is 1.89. The summed E-state index contributed by atoms with van der Waals surface area (Å²) in [7, 11) is 0. The van der Waals surface area contributed by atoms with Gasteiger partial charge in [0, 0.05) is 30.5 Å². The van der Waals surface area contributed by atoms with E-state index in [0.29, 0.717) is 6.54 Å². The van der Waals surface area contributed by atoms with Crippen LogP contribution in [0, 0.1) is 11.6 Å². The summed E-state index contributed by atoms with van der Waals surface area (Å²) in [6.07, 6.45) is 4.65. The third-order valence-electron chi connectivity index (χ3n) is 4.18. The van der Waals surface area contributed by atoms with Crippen LogP contribution in [0.15, 0.2) is 36.7 Å². The molecule has 1 aliphatic heterocycles. The molecule has 2 atom stereocenters. The summed E-state index contributed by atoms with van der Waals surface area (Å²) in [5, 5.41) is 14.5. The Morgan fingerprint density at radius 3 is 3.00 bits per heavy atom. The number of hydrogen-bond acceptors (Lipinski definition) is 3. The molecule has 1 aromatic heterocycles. The molecule has 118 valence electrons. The number of nitrogens with zero attached hydrogens (tertiary/aromatic N) is 3. The summed E-state index contributed by atoms with van der Waals surface area (Å²) in [4.78, 5) is 2.12.